The molecule has 0 saturated heterocycles. The molecule has 50 heavy (non-hydrogen) atoms. The van der Waals surface area contributed by atoms with E-state index >= 15 is 0 Å². The van der Waals surface area contributed by atoms with Gasteiger partial charge >= 0.3 is 11.9 Å². The van der Waals surface area contributed by atoms with Gasteiger partial charge in [0, 0.05) is 25.9 Å². The van der Waals surface area contributed by atoms with Crippen LogP contribution in [0.25, 0.3) is 0 Å². The van der Waals surface area contributed by atoms with Gasteiger partial charge in [-0.25, -0.2) is 0 Å². The summed E-state index contributed by atoms with van der Waals surface area (Å²) < 4.78 is 5.96. The number of nitrogens with one attached hydrogen (secondary N) is 1. The molecule has 0 bridgehead atoms. The molecule has 6 nitrogen and oxygen atoms in total. The summed E-state index contributed by atoms with van der Waals surface area (Å²) in [5.41, 5.74) is 0. The van der Waals surface area contributed by atoms with Crippen molar-refractivity contribution in [3.63, 3.8) is 0 Å². The summed E-state index contributed by atoms with van der Waals surface area (Å²) in [4.78, 5) is 25.0. The van der Waals surface area contributed by atoms with Crippen LogP contribution in [0.4, 0.5) is 0 Å². The molecule has 0 heterocycles. The van der Waals surface area contributed by atoms with E-state index in [0.29, 0.717) is 12.8 Å². The molecule has 0 aromatic heterocycles. The summed E-state index contributed by atoms with van der Waals surface area (Å²) in [6, 6.07) is 0. The summed E-state index contributed by atoms with van der Waals surface area (Å²) >= 11 is 0. The van der Waals surface area contributed by atoms with Gasteiger partial charge in [0.25, 0.3) is 0 Å². The molecular weight excluding hydrogens is 620 g/mol. The number of unbranched alkanes of at least 4 members (excludes halogenated alkanes) is 17. The van der Waals surface area contributed by atoms with Crippen LogP contribution in [0.3, 0.4) is 0 Å². The SMILES string of the molecule is CCCCC/C=C\CCC(=O)O.CCCCC/C=C\CCC(=O)O[C@H](CCCCCCCC)CCCCCCCCCNCCN(CC)CC. The maximum atomic E-state index is 12.5. The molecule has 0 aliphatic rings. The lowest BCUT2D eigenvalue weighted by Crippen LogP contribution is -2.32. The maximum Gasteiger partial charge on any atom is 0.306 e. The number of hydrogen-bond donors (Lipinski definition) is 2. The molecule has 0 radical (unpaired) electrons. The van der Waals surface area contributed by atoms with Crippen LogP contribution < -0.4 is 5.32 Å². The second kappa shape index (κ2) is 43.5. The molecule has 0 unspecified atom stereocenters. The van der Waals surface area contributed by atoms with Crippen LogP contribution >= 0.6 is 0 Å². The van der Waals surface area contributed by atoms with Crippen LogP contribution in [-0.2, 0) is 14.3 Å². The fourth-order valence-electron chi connectivity index (χ4n) is 5.97. The van der Waals surface area contributed by atoms with E-state index in [0.717, 1.165) is 58.3 Å². The van der Waals surface area contributed by atoms with Crippen molar-refractivity contribution >= 4 is 11.9 Å². The van der Waals surface area contributed by atoms with Crippen LogP contribution in [0.2, 0.25) is 0 Å². The molecular formula is C44H86N2O4. The second-order valence-electron chi connectivity index (χ2n) is 14.1. The van der Waals surface area contributed by atoms with E-state index in [1.165, 1.54) is 129 Å². The van der Waals surface area contributed by atoms with Gasteiger partial charge in [-0.1, -0.05) is 149 Å². The number of carboxylic acid groups (broad SMARTS) is 1. The topological polar surface area (TPSA) is 78.9 Å². The average Bonchev–Trinajstić information content (AvgIpc) is 3.11. The molecule has 0 saturated carbocycles. The molecule has 0 amide bonds. The largest absolute Gasteiger partial charge is 0.481 e. The number of allylic oxidation sites excluding steroid dienone is 4. The van der Waals surface area contributed by atoms with Crippen molar-refractivity contribution in [1.82, 2.24) is 10.2 Å². The van der Waals surface area contributed by atoms with Gasteiger partial charge in [-0.2, -0.15) is 0 Å². The molecule has 296 valence electrons. The Balaban J connectivity index is 0. The number of carbonyl (C=O) groups is 2. The first-order chi connectivity index (χ1) is 24.4. The minimum absolute atomic E-state index is 0.00453. The number of carboxylic acids is 1. The zero-order chi connectivity index (χ0) is 37.2. The smallest absolute Gasteiger partial charge is 0.306 e. The van der Waals surface area contributed by atoms with Gasteiger partial charge in [0.2, 0.25) is 0 Å². The van der Waals surface area contributed by atoms with Crippen molar-refractivity contribution in [2.24, 2.45) is 0 Å². The average molecular weight is 707 g/mol. The molecule has 1 atom stereocenters. The van der Waals surface area contributed by atoms with Crippen molar-refractivity contribution in [1.29, 1.82) is 0 Å². The summed E-state index contributed by atoms with van der Waals surface area (Å²) in [5, 5.41) is 11.9. The zero-order valence-corrected chi connectivity index (χ0v) is 34.1. The first-order valence-corrected chi connectivity index (χ1v) is 21.6. The predicted octanol–water partition coefficient (Wildman–Crippen LogP) is 12.6. The van der Waals surface area contributed by atoms with Crippen molar-refractivity contribution in [2.45, 2.75) is 214 Å². The van der Waals surface area contributed by atoms with Gasteiger partial charge in [0.05, 0.1) is 0 Å². The third kappa shape index (κ3) is 42.5. The Morgan fingerprint density at radius 2 is 1.00 bits per heavy atom. The third-order valence-corrected chi connectivity index (χ3v) is 9.38. The third-order valence-electron chi connectivity index (χ3n) is 9.38. The van der Waals surface area contributed by atoms with Gasteiger partial charge in [-0.3, -0.25) is 9.59 Å². The predicted molar refractivity (Wildman–Crippen MR) is 218 cm³/mol. The first-order valence-electron chi connectivity index (χ1n) is 21.6. The monoisotopic (exact) mass is 707 g/mol. The van der Waals surface area contributed by atoms with Crippen LogP contribution in [0, 0.1) is 0 Å². The van der Waals surface area contributed by atoms with Crippen molar-refractivity contribution < 1.29 is 19.4 Å². The Hall–Kier alpha value is -1.66. The summed E-state index contributed by atoms with van der Waals surface area (Å²) in [6.45, 7) is 16.9. The minimum Gasteiger partial charge on any atom is -0.481 e. The highest BCUT2D eigenvalue weighted by molar-refractivity contribution is 5.69. The fraction of sp³-hybridized carbons (Fsp3) is 0.864. The Morgan fingerprint density at radius 1 is 0.560 bits per heavy atom. The number of hydrogen-bond acceptors (Lipinski definition) is 5. The molecule has 0 fully saturated rings. The standard InChI is InChI=1S/C34H68N2O2.C10H18O2/c1-5-9-11-13-16-21-25-29-34(37)38-33(27-23-19-14-12-10-6-2)28-24-20-17-15-18-22-26-30-35-31-32-36(7-3)8-4;1-2-3-4-5-6-7-8-9-10(11)12/h16,21,33,35H,5-15,17-20,22-32H2,1-4H3;6-7H,2-5,8-9H2,1H3,(H,11,12)/b21-16-;7-6-/t33-;/m1./s1. The van der Waals surface area contributed by atoms with Crippen LogP contribution in [-0.4, -0.2) is 60.8 Å². The highest BCUT2D eigenvalue weighted by Crippen LogP contribution is 2.18. The normalized spacial score (nSPS) is 12.1. The van der Waals surface area contributed by atoms with Crippen molar-refractivity contribution in [3.8, 4) is 0 Å². The van der Waals surface area contributed by atoms with Crippen LogP contribution in [0.1, 0.15) is 208 Å². The quantitative estimate of drug-likeness (QED) is 0.0380. The van der Waals surface area contributed by atoms with Gasteiger partial charge in [-0.05, 0) is 90.3 Å². The molecule has 0 rings (SSSR count). The maximum absolute atomic E-state index is 12.5. The van der Waals surface area contributed by atoms with Crippen molar-refractivity contribution in [3.05, 3.63) is 24.3 Å². The van der Waals surface area contributed by atoms with Crippen molar-refractivity contribution in [2.75, 3.05) is 32.7 Å². The van der Waals surface area contributed by atoms with E-state index in [1.807, 2.05) is 6.08 Å². The Bertz CT molecular complexity index is 750. The number of rotatable bonds is 37. The Morgan fingerprint density at radius 3 is 1.50 bits per heavy atom. The molecule has 0 spiro atoms. The van der Waals surface area contributed by atoms with E-state index in [9.17, 15) is 9.59 Å². The first kappa shape index (κ1) is 50.4. The summed E-state index contributed by atoms with van der Waals surface area (Å²) in [6.07, 6.45) is 39.6. The van der Waals surface area contributed by atoms with Crippen LogP contribution in [0.5, 0.6) is 0 Å². The van der Waals surface area contributed by atoms with Gasteiger partial charge in [-0.15, -0.1) is 0 Å². The number of ether oxygens (including phenoxy) is 1. The van der Waals surface area contributed by atoms with Crippen LogP contribution in [0.15, 0.2) is 24.3 Å². The lowest BCUT2D eigenvalue weighted by atomic mass is 10.0. The van der Waals surface area contributed by atoms with E-state index in [2.05, 4.69) is 63.1 Å². The number of nitrogens with zero attached hydrogens (tertiary/aromatic N) is 1. The van der Waals surface area contributed by atoms with Gasteiger partial charge in [0.15, 0.2) is 0 Å². The number of aliphatic carboxylic acids is 1. The number of carbonyl (C=O) groups excluding carboxylic acids is 1. The van der Waals surface area contributed by atoms with Gasteiger partial charge < -0.3 is 20.1 Å². The number of likely N-dealkylation sites (N-methyl/N-ethyl adjacent to an activating group) is 1. The minimum atomic E-state index is -0.715. The second-order valence-corrected chi connectivity index (χ2v) is 14.1. The molecule has 0 aromatic carbocycles. The van der Waals surface area contributed by atoms with E-state index in [1.54, 1.807) is 0 Å². The molecule has 6 heteroatoms. The summed E-state index contributed by atoms with van der Waals surface area (Å²) in [5.74, 6) is -0.710. The van der Waals surface area contributed by atoms with E-state index < -0.39 is 5.97 Å². The highest BCUT2D eigenvalue weighted by atomic mass is 16.5. The molecule has 2 N–H and O–H groups in total. The lowest BCUT2D eigenvalue weighted by Gasteiger charge is -2.18. The number of esters is 1. The highest BCUT2D eigenvalue weighted by Gasteiger charge is 2.14. The Labute approximate surface area is 312 Å². The summed E-state index contributed by atoms with van der Waals surface area (Å²) in [7, 11) is 0. The lowest BCUT2D eigenvalue weighted by molar-refractivity contribution is -0.149. The van der Waals surface area contributed by atoms with E-state index in [4.69, 9.17) is 9.84 Å². The molecule has 0 aliphatic carbocycles. The fourth-order valence-corrected chi connectivity index (χ4v) is 5.97. The van der Waals surface area contributed by atoms with E-state index in [-0.39, 0.29) is 18.5 Å². The zero-order valence-electron chi connectivity index (χ0n) is 34.1. The molecule has 0 aliphatic heterocycles. The van der Waals surface area contributed by atoms with Gasteiger partial charge in [0.1, 0.15) is 6.10 Å². The molecule has 0 aromatic rings. The Kier molecular flexibility index (Phi) is 43.9.